The predicted octanol–water partition coefficient (Wildman–Crippen LogP) is -0.599. The van der Waals surface area contributed by atoms with Crippen molar-refractivity contribution in [2.24, 2.45) is 0 Å². The Morgan fingerprint density at radius 2 is 2.00 bits per heavy atom. The molecule has 3 amide bonds. The molecular weight excluding hydrogens is 308 g/mol. The number of benzene rings is 1. The lowest BCUT2D eigenvalue weighted by Crippen LogP contribution is -3.14. The summed E-state index contributed by atoms with van der Waals surface area (Å²) >= 11 is 0. The lowest BCUT2D eigenvalue weighted by atomic mass is 10.2. The molecule has 1 atom stereocenters. The third-order valence-electron chi connectivity index (χ3n) is 3.83. The number of para-hydroxylation sites is 2. The number of carbonyl (C=O) groups excluding carboxylic acids is 3. The standard InChI is InChI=1S/C17H24N4O3/c1-4-20(9-15(22)18-12(2)3)11-17(24)21-10-16(23)19-13-7-5-6-8-14(13)21/h5-8,12H,4,9-11H2,1-3H3,(H,18,22)(H,19,23)/p+1. The van der Waals surface area contributed by atoms with E-state index >= 15 is 0 Å². The van der Waals surface area contributed by atoms with E-state index in [1.165, 1.54) is 4.90 Å². The van der Waals surface area contributed by atoms with Crippen molar-refractivity contribution in [3.63, 3.8) is 0 Å². The number of nitrogens with one attached hydrogen (secondary N) is 3. The molecule has 1 aliphatic heterocycles. The highest BCUT2D eigenvalue weighted by atomic mass is 16.2. The van der Waals surface area contributed by atoms with Crippen molar-refractivity contribution in [3.8, 4) is 0 Å². The van der Waals surface area contributed by atoms with Crippen LogP contribution in [0, 0.1) is 0 Å². The molecule has 24 heavy (non-hydrogen) atoms. The number of hydrogen-bond acceptors (Lipinski definition) is 3. The number of quaternary nitrogens is 1. The van der Waals surface area contributed by atoms with E-state index in [-0.39, 0.29) is 43.4 Å². The van der Waals surface area contributed by atoms with Crippen LogP contribution in [0.25, 0.3) is 0 Å². The molecule has 1 aromatic rings. The van der Waals surface area contributed by atoms with Gasteiger partial charge in [-0.25, -0.2) is 0 Å². The van der Waals surface area contributed by atoms with Crippen molar-refractivity contribution in [2.45, 2.75) is 26.8 Å². The molecule has 0 aromatic heterocycles. The summed E-state index contributed by atoms with van der Waals surface area (Å²) in [6.45, 7) is 6.80. The molecule has 0 fully saturated rings. The molecule has 7 heteroatoms. The molecule has 0 spiro atoms. The molecule has 2 rings (SSSR count). The first-order chi connectivity index (χ1) is 11.4. The first kappa shape index (κ1) is 17.9. The van der Waals surface area contributed by atoms with Crippen LogP contribution in [0.5, 0.6) is 0 Å². The van der Waals surface area contributed by atoms with Crippen molar-refractivity contribution in [3.05, 3.63) is 24.3 Å². The van der Waals surface area contributed by atoms with Gasteiger partial charge in [0.25, 0.3) is 11.8 Å². The summed E-state index contributed by atoms with van der Waals surface area (Å²) < 4.78 is 0. The number of carbonyl (C=O) groups is 3. The van der Waals surface area contributed by atoms with Gasteiger partial charge in [0.15, 0.2) is 13.1 Å². The minimum Gasteiger partial charge on any atom is -0.349 e. The summed E-state index contributed by atoms with van der Waals surface area (Å²) in [4.78, 5) is 38.8. The van der Waals surface area contributed by atoms with Crippen molar-refractivity contribution >= 4 is 29.1 Å². The Labute approximate surface area is 142 Å². The maximum atomic E-state index is 12.7. The minimum absolute atomic E-state index is 0.00499. The van der Waals surface area contributed by atoms with Gasteiger partial charge in [0, 0.05) is 6.04 Å². The lowest BCUT2D eigenvalue weighted by Gasteiger charge is -2.30. The van der Waals surface area contributed by atoms with Gasteiger partial charge in [-0.15, -0.1) is 0 Å². The van der Waals surface area contributed by atoms with Gasteiger partial charge in [0.05, 0.1) is 17.9 Å². The van der Waals surface area contributed by atoms with Crippen LogP contribution in [-0.2, 0) is 14.4 Å². The van der Waals surface area contributed by atoms with Crippen molar-refractivity contribution in [1.29, 1.82) is 0 Å². The zero-order valence-corrected chi connectivity index (χ0v) is 14.4. The molecular formula is C17H25N4O3+. The molecule has 1 aromatic carbocycles. The average Bonchev–Trinajstić information content (AvgIpc) is 2.52. The largest absolute Gasteiger partial charge is 0.349 e. The number of hydrogen-bond donors (Lipinski definition) is 3. The molecule has 1 aliphatic rings. The molecule has 0 radical (unpaired) electrons. The first-order valence-corrected chi connectivity index (χ1v) is 8.22. The van der Waals surface area contributed by atoms with E-state index in [1.54, 1.807) is 6.07 Å². The second-order valence-electron chi connectivity index (χ2n) is 6.22. The quantitative estimate of drug-likeness (QED) is 0.650. The summed E-state index contributed by atoms with van der Waals surface area (Å²) in [7, 11) is 0. The molecule has 1 unspecified atom stereocenters. The van der Waals surface area contributed by atoms with Crippen LogP contribution >= 0.6 is 0 Å². The van der Waals surface area contributed by atoms with E-state index in [9.17, 15) is 14.4 Å². The Kier molecular flexibility index (Phi) is 5.92. The monoisotopic (exact) mass is 333 g/mol. The SMILES string of the molecule is CC[NH+](CC(=O)NC(C)C)CC(=O)N1CC(=O)Nc2ccccc21. The number of likely N-dealkylation sites (N-methyl/N-ethyl adjacent to an activating group) is 1. The van der Waals surface area contributed by atoms with Gasteiger partial charge in [-0.3, -0.25) is 19.3 Å². The van der Waals surface area contributed by atoms with Gasteiger partial charge in [-0.05, 0) is 32.9 Å². The molecule has 0 saturated heterocycles. The second-order valence-corrected chi connectivity index (χ2v) is 6.22. The fourth-order valence-corrected chi connectivity index (χ4v) is 2.68. The van der Waals surface area contributed by atoms with Gasteiger partial charge in [0.2, 0.25) is 5.91 Å². The number of fused-ring (bicyclic) bond motifs is 1. The van der Waals surface area contributed by atoms with E-state index in [0.29, 0.717) is 17.9 Å². The fourth-order valence-electron chi connectivity index (χ4n) is 2.68. The fraction of sp³-hybridized carbons (Fsp3) is 0.471. The predicted molar refractivity (Wildman–Crippen MR) is 91.9 cm³/mol. The minimum atomic E-state index is -0.211. The Bertz CT molecular complexity index is 630. The van der Waals surface area contributed by atoms with Crippen molar-refractivity contribution in [2.75, 3.05) is 36.4 Å². The highest BCUT2D eigenvalue weighted by Crippen LogP contribution is 2.28. The summed E-state index contributed by atoms with van der Waals surface area (Å²) in [5.74, 6) is -0.449. The van der Waals surface area contributed by atoms with E-state index in [4.69, 9.17) is 0 Å². The summed E-state index contributed by atoms with van der Waals surface area (Å²) in [6.07, 6.45) is 0. The molecule has 0 bridgehead atoms. The van der Waals surface area contributed by atoms with Gasteiger partial charge >= 0.3 is 0 Å². The van der Waals surface area contributed by atoms with Gasteiger partial charge < -0.3 is 15.5 Å². The Morgan fingerprint density at radius 3 is 2.67 bits per heavy atom. The summed E-state index contributed by atoms with van der Waals surface area (Å²) in [5.41, 5.74) is 1.34. The Morgan fingerprint density at radius 1 is 1.29 bits per heavy atom. The van der Waals surface area contributed by atoms with Crippen LogP contribution in [-0.4, -0.2) is 49.9 Å². The van der Waals surface area contributed by atoms with E-state index in [1.807, 2.05) is 39.0 Å². The zero-order valence-electron chi connectivity index (χ0n) is 14.4. The van der Waals surface area contributed by atoms with Crippen LogP contribution in [0.15, 0.2) is 24.3 Å². The summed E-state index contributed by atoms with van der Waals surface area (Å²) in [6, 6.07) is 7.30. The van der Waals surface area contributed by atoms with Gasteiger partial charge in [0.1, 0.15) is 6.54 Å². The maximum Gasteiger partial charge on any atom is 0.282 e. The number of nitrogens with zero attached hydrogens (tertiary/aromatic N) is 1. The van der Waals surface area contributed by atoms with E-state index in [2.05, 4.69) is 10.6 Å². The zero-order chi connectivity index (χ0) is 17.7. The van der Waals surface area contributed by atoms with Crippen LogP contribution in [0.3, 0.4) is 0 Å². The number of rotatable bonds is 6. The smallest absolute Gasteiger partial charge is 0.282 e. The second kappa shape index (κ2) is 7.92. The van der Waals surface area contributed by atoms with Crippen LogP contribution < -0.4 is 20.4 Å². The maximum absolute atomic E-state index is 12.7. The topological polar surface area (TPSA) is 83.0 Å². The van der Waals surface area contributed by atoms with Crippen molar-refractivity contribution < 1.29 is 19.3 Å². The van der Waals surface area contributed by atoms with E-state index < -0.39 is 0 Å². The molecule has 0 aliphatic carbocycles. The normalized spacial score (nSPS) is 14.8. The highest BCUT2D eigenvalue weighted by molar-refractivity contribution is 6.10. The third kappa shape index (κ3) is 4.55. The van der Waals surface area contributed by atoms with Crippen LogP contribution in [0.4, 0.5) is 11.4 Å². The number of amides is 3. The first-order valence-electron chi connectivity index (χ1n) is 8.22. The Balaban J connectivity index is 2.05. The molecule has 7 nitrogen and oxygen atoms in total. The van der Waals surface area contributed by atoms with Gasteiger partial charge in [-0.2, -0.15) is 0 Å². The molecule has 1 heterocycles. The van der Waals surface area contributed by atoms with Crippen LogP contribution in [0.1, 0.15) is 20.8 Å². The Hall–Kier alpha value is -2.41. The van der Waals surface area contributed by atoms with Crippen molar-refractivity contribution in [1.82, 2.24) is 5.32 Å². The third-order valence-corrected chi connectivity index (χ3v) is 3.83. The summed E-state index contributed by atoms with van der Waals surface area (Å²) in [5, 5.41) is 5.60. The van der Waals surface area contributed by atoms with E-state index in [0.717, 1.165) is 4.90 Å². The molecule has 130 valence electrons. The average molecular weight is 333 g/mol. The number of anilines is 2. The molecule has 3 N–H and O–H groups in total. The highest BCUT2D eigenvalue weighted by Gasteiger charge is 2.29. The van der Waals surface area contributed by atoms with Gasteiger partial charge in [-0.1, -0.05) is 12.1 Å². The lowest BCUT2D eigenvalue weighted by molar-refractivity contribution is -0.881. The van der Waals surface area contributed by atoms with Crippen LogP contribution in [0.2, 0.25) is 0 Å². The molecule has 0 saturated carbocycles.